The third kappa shape index (κ3) is 9.18. The molecule has 0 aromatic heterocycles. The van der Waals surface area contributed by atoms with Gasteiger partial charge in [0.05, 0.1) is 0 Å². The second kappa shape index (κ2) is 14.3. The summed E-state index contributed by atoms with van der Waals surface area (Å²) in [7, 11) is 0. The summed E-state index contributed by atoms with van der Waals surface area (Å²) >= 11 is 0. The van der Waals surface area contributed by atoms with Crippen molar-refractivity contribution in [3.63, 3.8) is 0 Å². The lowest BCUT2D eigenvalue weighted by Gasteiger charge is -2.30. The minimum Gasteiger partial charge on any atom is -0.389 e. The number of rotatable bonds is 10. The Morgan fingerprint density at radius 2 is 1.72 bits per heavy atom. The Hall–Kier alpha value is -2.74. The van der Waals surface area contributed by atoms with Crippen LogP contribution in [0.5, 0.6) is 0 Å². The van der Waals surface area contributed by atoms with Gasteiger partial charge in [-0.05, 0) is 88.8 Å². The van der Waals surface area contributed by atoms with E-state index < -0.39 is 0 Å². The van der Waals surface area contributed by atoms with Gasteiger partial charge in [-0.1, -0.05) is 68.1 Å². The van der Waals surface area contributed by atoms with Crippen LogP contribution in [0.25, 0.3) is 5.57 Å². The summed E-state index contributed by atoms with van der Waals surface area (Å²) in [6.07, 6.45) is 6.34. The normalized spacial score (nSPS) is 11.5. The lowest BCUT2D eigenvalue weighted by Crippen LogP contribution is -2.32. The van der Waals surface area contributed by atoms with E-state index in [1.54, 1.807) is 0 Å². The van der Waals surface area contributed by atoms with Gasteiger partial charge >= 0.3 is 0 Å². The average Bonchev–Trinajstić information content (AvgIpc) is 2.77. The van der Waals surface area contributed by atoms with Gasteiger partial charge in [0.25, 0.3) is 0 Å². The smallest absolute Gasteiger partial charge is 0.0374 e. The first-order valence-electron chi connectivity index (χ1n) is 11.9. The Morgan fingerprint density at radius 3 is 2.25 bits per heavy atom. The van der Waals surface area contributed by atoms with Crippen LogP contribution in [-0.2, 0) is 6.42 Å². The number of aryl methyl sites for hydroxylation is 2. The minimum atomic E-state index is 0.565. The lowest BCUT2D eigenvalue weighted by atomic mass is 10.00. The highest BCUT2D eigenvalue weighted by atomic mass is 15.1. The lowest BCUT2D eigenvalue weighted by molar-refractivity contribution is 0.630. The van der Waals surface area contributed by atoms with E-state index in [0.29, 0.717) is 6.04 Å². The van der Waals surface area contributed by atoms with Gasteiger partial charge in [-0.3, -0.25) is 0 Å². The molecule has 174 valence electrons. The highest BCUT2D eigenvalue weighted by Gasteiger charge is 2.12. The van der Waals surface area contributed by atoms with Crippen LogP contribution in [0.1, 0.15) is 63.3 Å². The number of allylic oxidation sites excluding steroid dienone is 4. The molecule has 0 fully saturated rings. The molecule has 0 saturated carbocycles. The van der Waals surface area contributed by atoms with Crippen LogP contribution in [0.15, 0.2) is 73.5 Å². The highest BCUT2D eigenvalue weighted by Crippen LogP contribution is 2.26. The number of nitrogens with zero attached hydrogens (tertiary/aromatic N) is 1. The summed E-state index contributed by atoms with van der Waals surface area (Å²) in [6.45, 7) is 25.0. The Kier molecular flexibility index (Phi) is 12.2. The second-order valence-electron chi connectivity index (χ2n) is 8.51. The summed E-state index contributed by atoms with van der Waals surface area (Å²) in [4.78, 5) is 2.45. The van der Waals surface area contributed by atoms with Crippen LogP contribution in [0.2, 0.25) is 0 Å². The Balaban J connectivity index is 0.000000343. The average molecular weight is 433 g/mol. The third-order valence-electron chi connectivity index (χ3n) is 5.69. The molecule has 0 aliphatic carbocycles. The molecule has 1 unspecified atom stereocenters. The zero-order valence-electron chi connectivity index (χ0n) is 21.5. The molecule has 0 bridgehead atoms. The summed E-state index contributed by atoms with van der Waals surface area (Å²) < 4.78 is 0. The summed E-state index contributed by atoms with van der Waals surface area (Å²) in [5.74, 6) is 0. The van der Waals surface area contributed by atoms with E-state index in [-0.39, 0.29) is 0 Å². The molecular formula is C30H44N2. The fourth-order valence-corrected chi connectivity index (χ4v) is 3.57. The summed E-state index contributed by atoms with van der Waals surface area (Å²) in [5.41, 5.74) is 8.64. The van der Waals surface area contributed by atoms with E-state index in [1.165, 1.54) is 27.9 Å². The number of anilines is 1. The Bertz CT molecular complexity index is 874. The van der Waals surface area contributed by atoms with Crippen molar-refractivity contribution in [1.82, 2.24) is 5.32 Å². The fraction of sp³-hybridized carbons (Fsp3) is 0.400. The summed E-state index contributed by atoms with van der Waals surface area (Å²) in [6, 6.07) is 15.9. The van der Waals surface area contributed by atoms with Crippen molar-refractivity contribution < 1.29 is 0 Å². The van der Waals surface area contributed by atoms with Gasteiger partial charge in [0, 0.05) is 30.5 Å². The third-order valence-corrected chi connectivity index (χ3v) is 5.69. The maximum absolute atomic E-state index is 4.16. The van der Waals surface area contributed by atoms with Crippen LogP contribution < -0.4 is 10.2 Å². The van der Waals surface area contributed by atoms with Gasteiger partial charge in [-0.15, -0.1) is 0 Å². The van der Waals surface area contributed by atoms with E-state index in [1.807, 2.05) is 19.9 Å². The number of benzene rings is 2. The topological polar surface area (TPSA) is 15.3 Å². The minimum absolute atomic E-state index is 0.565. The second-order valence-corrected chi connectivity index (χ2v) is 8.51. The molecule has 0 heterocycles. The molecule has 0 spiro atoms. The molecular weight excluding hydrogens is 388 g/mol. The molecule has 0 aliphatic heterocycles. The van der Waals surface area contributed by atoms with Gasteiger partial charge in [0.1, 0.15) is 0 Å². The van der Waals surface area contributed by atoms with Gasteiger partial charge < -0.3 is 10.2 Å². The maximum Gasteiger partial charge on any atom is 0.0374 e. The first-order chi connectivity index (χ1) is 15.2. The number of hydrogen-bond acceptors (Lipinski definition) is 2. The van der Waals surface area contributed by atoms with Crippen LogP contribution >= 0.6 is 0 Å². The van der Waals surface area contributed by atoms with Crippen molar-refractivity contribution in [3.05, 3.63) is 95.7 Å². The molecule has 0 radical (unpaired) electrons. The first kappa shape index (κ1) is 27.3. The van der Waals surface area contributed by atoms with Gasteiger partial charge in [0.15, 0.2) is 0 Å². The van der Waals surface area contributed by atoms with Crippen LogP contribution in [0.3, 0.4) is 0 Å². The molecule has 2 aromatic carbocycles. The molecule has 32 heavy (non-hydrogen) atoms. The summed E-state index contributed by atoms with van der Waals surface area (Å²) in [5, 5.41) is 3.21. The zero-order valence-corrected chi connectivity index (χ0v) is 21.5. The molecule has 0 amide bonds. The molecule has 2 heteroatoms. The predicted molar refractivity (Wildman–Crippen MR) is 145 cm³/mol. The van der Waals surface area contributed by atoms with Crippen molar-refractivity contribution in [2.75, 3.05) is 18.0 Å². The largest absolute Gasteiger partial charge is 0.389 e. The van der Waals surface area contributed by atoms with Crippen molar-refractivity contribution in [2.45, 2.75) is 67.3 Å². The van der Waals surface area contributed by atoms with Crippen LogP contribution in [0, 0.1) is 13.8 Å². The molecule has 1 N–H and O–H groups in total. The van der Waals surface area contributed by atoms with Crippen LogP contribution in [0.4, 0.5) is 5.69 Å². The van der Waals surface area contributed by atoms with E-state index in [0.717, 1.165) is 37.2 Å². The first-order valence-corrected chi connectivity index (χ1v) is 11.9. The van der Waals surface area contributed by atoms with Gasteiger partial charge in [-0.25, -0.2) is 0 Å². The van der Waals surface area contributed by atoms with Crippen molar-refractivity contribution >= 4 is 11.3 Å². The Labute approximate surface area is 197 Å². The highest BCUT2D eigenvalue weighted by molar-refractivity contribution is 5.76. The van der Waals surface area contributed by atoms with Crippen molar-refractivity contribution in [3.8, 4) is 0 Å². The predicted octanol–water partition coefficient (Wildman–Crippen LogP) is 7.87. The number of nitrogens with one attached hydrogen (secondary N) is 1. The molecule has 2 aromatic rings. The molecule has 2 rings (SSSR count). The van der Waals surface area contributed by atoms with Gasteiger partial charge in [-0.2, -0.15) is 0 Å². The number of hydrogen-bond donors (Lipinski definition) is 1. The Morgan fingerprint density at radius 1 is 1.06 bits per heavy atom. The molecule has 0 saturated heterocycles. The van der Waals surface area contributed by atoms with Crippen molar-refractivity contribution in [2.24, 2.45) is 0 Å². The standard InChI is InChI=1S/C18H27N.C12H17N/c1-7-10-14(4)18-13-17(12-11-15(18)5)19(9-3)16(6)8-2;1-10(2)13-9-8-12-6-4-11(3)5-7-12/h7,10-13,16H,4,8-9H2,1-3,5-6H3;4-7,13H,1,8-9H2,2-3H3/b10-7-;. The van der Waals surface area contributed by atoms with Gasteiger partial charge in [0.2, 0.25) is 0 Å². The van der Waals surface area contributed by atoms with E-state index in [4.69, 9.17) is 0 Å². The molecule has 2 nitrogen and oxygen atoms in total. The molecule has 1 atom stereocenters. The molecule has 0 aliphatic rings. The van der Waals surface area contributed by atoms with E-state index in [2.05, 4.69) is 107 Å². The maximum atomic E-state index is 4.16. The van der Waals surface area contributed by atoms with Crippen LogP contribution in [-0.4, -0.2) is 19.1 Å². The SMILES string of the molecule is C=C(/C=C\C)c1cc(N(CC)C(C)CC)ccc1C.C=C(C)NCCc1ccc(C)cc1. The monoisotopic (exact) mass is 432 g/mol. The quantitative estimate of drug-likeness (QED) is 0.384. The van der Waals surface area contributed by atoms with Crippen molar-refractivity contribution in [1.29, 1.82) is 0 Å². The zero-order chi connectivity index (χ0) is 24.1. The fourth-order valence-electron chi connectivity index (χ4n) is 3.57. The van der Waals surface area contributed by atoms with E-state index in [9.17, 15) is 0 Å². The van der Waals surface area contributed by atoms with E-state index >= 15 is 0 Å².